The van der Waals surface area contributed by atoms with Crippen molar-refractivity contribution in [3.63, 3.8) is 0 Å². The third-order valence-corrected chi connectivity index (χ3v) is 6.37. The Morgan fingerprint density at radius 1 is 1.00 bits per heavy atom. The molecule has 35 heavy (non-hydrogen) atoms. The first-order valence-corrected chi connectivity index (χ1v) is 12.6. The van der Waals surface area contributed by atoms with Gasteiger partial charge in [0.2, 0.25) is 5.91 Å². The Morgan fingerprint density at radius 3 is 2.11 bits per heavy atom. The Labute approximate surface area is 209 Å². The molecule has 6 heteroatoms. The normalized spacial score (nSPS) is 12.1. The molecule has 0 saturated heterocycles. The number of hydrogen-bond acceptors (Lipinski definition) is 4. The Balaban J connectivity index is 2.06. The number of carbonyl (C=O) groups is 2. The highest BCUT2D eigenvalue weighted by atomic mass is 16.2. The first-order valence-electron chi connectivity index (χ1n) is 12.6. The summed E-state index contributed by atoms with van der Waals surface area (Å²) in [6.45, 7) is 16.7. The standard InChI is InChI=1S/C29H40N4O2/c1-19(2)17-32(18-20(3)4)28(35)29(6,7)24-12-13-25-26(16-24)33(15-14-30)27(31-25)23-10-8-22(9-11-23)21(5)34/h8-13,16,19-20H,14-15,17-18,30H2,1-7H3. The van der Waals surface area contributed by atoms with Crippen molar-refractivity contribution in [1.29, 1.82) is 0 Å². The summed E-state index contributed by atoms with van der Waals surface area (Å²) in [4.78, 5) is 32.3. The third-order valence-electron chi connectivity index (χ3n) is 6.37. The number of aromatic nitrogens is 2. The zero-order valence-electron chi connectivity index (χ0n) is 22.3. The molecular formula is C29H40N4O2. The van der Waals surface area contributed by atoms with Crippen molar-refractivity contribution in [3.05, 3.63) is 53.6 Å². The van der Waals surface area contributed by atoms with Gasteiger partial charge in [0.1, 0.15) is 5.82 Å². The van der Waals surface area contributed by atoms with Gasteiger partial charge in [-0.15, -0.1) is 0 Å². The Morgan fingerprint density at radius 2 is 1.60 bits per heavy atom. The van der Waals surface area contributed by atoms with Crippen LogP contribution in [0, 0.1) is 11.8 Å². The van der Waals surface area contributed by atoms with Gasteiger partial charge in [0.15, 0.2) is 5.78 Å². The van der Waals surface area contributed by atoms with Crippen LogP contribution in [0.3, 0.4) is 0 Å². The van der Waals surface area contributed by atoms with E-state index in [1.165, 1.54) is 0 Å². The Kier molecular flexibility index (Phi) is 8.16. The lowest BCUT2D eigenvalue weighted by Gasteiger charge is -2.34. The molecule has 1 amide bonds. The third kappa shape index (κ3) is 5.81. The predicted octanol–water partition coefficient (Wildman–Crippen LogP) is 5.28. The van der Waals surface area contributed by atoms with E-state index >= 15 is 0 Å². The second kappa shape index (κ2) is 10.7. The first kappa shape index (κ1) is 26.6. The van der Waals surface area contributed by atoms with Crippen molar-refractivity contribution < 1.29 is 9.59 Å². The van der Waals surface area contributed by atoms with E-state index in [2.05, 4.69) is 38.3 Å². The fraction of sp³-hybridized carbons (Fsp3) is 0.483. The Hall–Kier alpha value is -2.99. The highest BCUT2D eigenvalue weighted by molar-refractivity contribution is 5.94. The number of hydrogen-bond donors (Lipinski definition) is 1. The molecule has 0 aliphatic rings. The van der Waals surface area contributed by atoms with Crippen LogP contribution in [0.1, 0.15) is 64.4 Å². The van der Waals surface area contributed by atoms with Crippen molar-refractivity contribution in [2.75, 3.05) is 19.6 Å². The van der Waals surface area contributed by atoms with Crippen LogP contribution < -0.4 is 5.73 Å². The van der Waals surface area contributed by atoms with E-state index < -0.39 is 5.41 Å². The fourth-order valence-corrected chi connectivity index (χ4v) is 4.58. The van der Waals surface area contributed by atoms with Gasteiger partial charge in [-0.05, 0) is 50.3 Å². The molecule has 0 fully saturated rings. The molecule has 0 bridgehead atoms. The molecule has 2 aromatic carbocycles. The number of Topliss-reactive ketones (excluding diaryl/α,β-unsaturated/α-hetero) is 1. The van der Waals surface area contributed by atoms with Crippen LogP contribution in [0.2, 0.25) is 0 Å². The van der Waals surface area contributed by atoms with Gasteiger partial charge in [-0.1, -0.05) is 58.0 Å². The Bertz CT molecular complexity index is 1180. The number of nitrogens with zero attached hydrogens (tertiary/aromatic N) is 3. The topological polar surface area (TPSA) is 81.2 Å². The van der Waals surface area contributed by atoms with E-state index in [4.69, 9.17) is 10.7 Å². The number of imidazole rings is 1. The van der Waals surface area contributed by atoms with Gasteiger partial charge in [-0.25, -0.2) is 4.98 Å². The quantitative estimate of drug-likeness (QED) is 0.404. The average Bonchev–Trinajstić information content (AvgIpc) is 3.15. The van der Waals surface area contributed by atoms with E-state index in [1.807, 2.05) is 55.1 Å². The van der Waals surface area contributed by atoms with Gasteiger partial charge in [0.25, 0.3) is 0 Å². The monoisotopic (exact) mass is 476 g/mol. The minimum absolute atomic E-state index is 0.0347. The molecule has 0 spiro atoms. The summed E-state index contributed by atoms with van der Waals surface area (Å²) >= 11 is 0. The number of rotatable bonds is 10. The number of benzene rings is 2. The summed E-state index contributed by atoms with van der Waals surface area (Å²) in [5.74, 6) is 1.79. The van der Waals surface area contributed by atoms with Crippen LogP contribution in [0.4, 0.5) is 0 Å². The largest absolute Gasteiger partial charge is 0.341 e. The maximum Gasteiger partial charge on any atom is 0.232 e. The second-order valence-corrected chi connectivity index (χ2v) is 10.8. The highest BCUT2D eigenvalue weighted by Gasteiger charge is 2.35. The maximum atomic E-state index is 13.8. The first-order chi connectivity index (χ1) is 16.4. The number of carbonyl (C=O) groups excluding carboxylic acids is 2. The molecule has 0 unspecified atom stereocenters. The molecule has 6 nitrogen and oxygen atoms in total. The second-order valence-electron chi connectivity index (χ2n) is 10.8. The molecule has 188 valence electrons. The average molecular weight is 477 g/mol. The van der Waals surface area contributed by atoms with Gasteiger partial charge in [-0.2, -0.15) is 0 Å². The van der Waals surface area contributed by atoms with Crippen LogP contribution in [0.25, 0.3) is 22.4 Å². The van der Waals surface area contributed by atoms with Gasteiger partial charge in [0, 0.05) is 37.3 Å². The van der Waals surface area contributed by atoms with Crippen LogP contribution in [-0.2, 0) is 16.8 Å². The van der Waals surface area contributed by atoms with E-state index in [0.717, 1.165) is 41.1 Å². The SMILES string of the molecule is CC(=O)c1ccc(-c2nc3ccc(C(C)(C)C(=O)N(CC(C)C)CC(C)C)cc3n2CCN)cc1. The molecule has 0 radical (unpaired) electrons. The van der Waals surface area contributed by atoms with Crippen LogP contribution in [0.15, 0.2) is 42.5 Å². The maximum absolute atomic E-state index is 13.8. The van der Waals surface area contributed by atoms with E-state index in [9.17, 15) is 9.59 Å². The lowest BCUT2D eigenvalue weighted by molar-refractivity contribution is -0.137. The van der Waals surface area contributed by atoms with Crippen molar-refractivity contribution >= 4 is 22.7 Å². The summed E-state index contributed by atoms with van der Waals surface area (Å²) in [7, 11) is 0. The van der Waals surface area contributed by atoms with Crippen LogP contribution >= 0.6 is 0 Å². The molecular weight excluding hydrogens is 436 g/mol. The van der Waals surface area contributed by atoms with Crippen LogP contribution in [0.5, 0.6) is 0 Å². The number of nitrogens with two attached hydrogens (primary N) is 1. The molecule has 0 aliphatic heterocycles. The van der Waals surface area contributed by atoms with E-state index in [0.29, 0.717) is 30.5 Å². The van der Waals surface area contributed by atoms with Crippen molar-refractivity contribution in [2.45, 2.75) is 60.4 Å². The summed E-state index contributed by atoms with van der Waals surface area (Å²) in [5, 5.41) is 0. The van der Waals surface area contributed by atoms with Gasteiger partial charge in [-0.3, -0.25) is 9.59 Å². The minimum atomic E-state index is -0.681. The zero-order chi connectivity index (χ0) is 25.9. The summed E-state index contributed by atoms with van der Waals surface area (Å²) in [6, 6.07) is 13.6. The molecule has 2 N–H and O–H groups in total. The lowest BCUT2D eigenvalue weighted by atomic mass is 9.82. The van der Waals surface area contributed by atoms with Crippen molar-refractivity contribution in [1.82, 2.24) is 14.5 Å². The summed E-state index contributed by atoms with van der Waals surface area (Å²) < 4.78 is 2.11. The minimum Gasteiger partial charge on any atom is -0.341 e. The van der Waals surface area contributed by atoms with E-state index in [-0.39, 0.29) is 11.7 Å². The smallest absolute Gasteiger partial charge is 0.232 e. The van der Waals surface area contributed by atoms with Crippen molar-refractivity contribution in [2.24, 2.45) is 17.6 Å². The molecule has 0 atom stereocenters. The molecule has 0 saturated carbocycles. The molecule has 3 aromatic rings. The van der Waals surface area contributed by atoms with Crippen LogP contribution in [-0.4, -0.2) is 45.8 Å². The number of amides is 1. The number of fused-ring (bicyclic) bond motifs is 1. The van der Waals surface area contributed by atoms with Gasteiger partial charge < -0.3 is 15.2 Å². The zero-order valence-corrected chi connectivity index (χ0v) is 22.3. The molecule has 1 heterocycles. The highest BCUT2D eigenvalue weighted by Crippen LogP contribution is 2.32. The van der Waals surface area contributed by atoms with Crippen molar-refractivity contribution in [3.8, 4) is 11.4 Å². The predicted molar refractivity (Wildman–Crippen MR) is 144 cm³/mol. The van der Waals surface area contributed by atoms with Gasteiger partial charge in [0.05, 0.1) is 16.4 Å². The molecule has 1 aromatic heterocycles. The fourth-order valence-electron chi connectivity index (χ4n) is 4.58. The molecule has 0 aliphatic carbocycles. The van der Waals surface area contributed by atoms with Gasteiger partial charge >= 0.3 is 0 Å². The number of ketones is 1. The molecule has 3 rings (SSSR count). The summed E-state index contributed by atoms with van der Waals surface area (Å²) in [5.41, 5.74) is 9.67. The summed E-state index contributed by atoms with van der Waals surface area (Å²) in [6.07, 6.45) is 0. The lowest BCUT2D eigenvalue weighted by Crippen LogP contribution is -2.46. The van der Waals surface area contributed by atoms with E-state index in [1.54, 1.807) is 6.92 Å².